The van der Waals surface area contributed by atoms with Crippen LogP contribution in [0.1, 0.15) is 59.3 Å². The van der Waals surface area contributed by atoms with Gasteiger partial charge in [0, 0.05) is 17.4 Å². The Labute approximate surface area is 157 Å². The van der Waals surface area contributed by atoms with Crippen LogP contribution in [0.5, 0.6) is 0 Å². The molecule has 3 rings (SSSR count). The lowest BCUT2D eigenvalue weighted by atomic mass is 9.69. The smallest absolute Gasteiger partial charge is 0.144 e. The number of hydrogen-bond acceptors (Lipinski definition) is 3. The van der Waals surface area contributed by atoms with Gasteiger partial charge in [0.25, 0.3) is 0 Å². The van der Waals surface area contributed by atoms with E-state index < -0.39 is 11.4 Å². The summed E-state index contributed by atoms with van der Waals surface area (Å²) in [7, 11) is 1.81. The molecule has 3 aliphatic carbocycles. The molecule has 2 unspecified atom stereocenters. The summed E-state index contributed by atoms with van der Waals surface area (Å²) in [5, 5.41) is 0. The Morgan fingerprint density at radius 3 is 2.58 bits per heavy atom. The van der Waals surface area contributed by atoms with Gasteiger partial charge in [0.2, 0.25) is 0 Å². The fraction of sp³-hybridized carbons (Fsp3) is 0.737. The zero-order valence-corrected chi connectivity index (χ0v) is 17.5. The van der Waals surface area contributed by atoms with Gasteiger partial charge in [0.15, 0.2) is 0 Å². The van der Waals surface area contributed by atoms with Crippen molar-refractivity contribution in [3.05, 3.63) is 23.3 Å². The van der Waals surface area contributed by atoms with Crippen LogP contribution in [-0.2, 0) is 16.1 Å². The molecule has 3 nitrogen and oxygen atoms in total. The number of alkyl halides is 1. The molecule has 1 fully saturated rings. The quantitative estimate of drug-likeness (QED) is 0.477. The monoisotopic (exact) mass is 413 g/mol. The fourth-order valence-corrected chi connectivity index (χ4v) is 5.28. The lowest BCUT2D eigenvalue weighted by Crippen LogP contribution is -2.37. The Morgan fingerprint density at radius 2 is 2.00 bits per heavy atom. The van der Waals surface area contributed by atoms with Crippen molar-refractivity contribution in [3.63, 3.8) is 0 Å². The SMILES string of the molecule is COC1CCC2(CC1)CC1=C(CC(Br)C=C1)/C2=N/[S+]([O-])C(C)(C)C. The van der Waals surface area contributed by atoms with Crippen LogP contribution in [0.4, 0.5) is 0 Å². The molecule has 134 valence electrons. The molecule has 0 saturated heterocycles. The standard InChI is InChI=1S/C19H28BrNO2S/c1-18(2,3)24(22)21-17-16-11-14(20)6-5-13(16)12-19(17)9-7-15(23-4)8-10-19/h5-6,14-15H,7-12H2,1-4H3/b21-17-. The summed E-state index contributed by atoms with van der Waals surface area (Å²) < 4.78 is 22.8. The van der Waals surface area contributed by atoms with Crippen molar-refractivity contribution in [2.45, 2.75) is 75.0 Å². The van der Waals surface area contributed by atoms with Gasteiger partial charge in [0.05, 0.1) is 6.10 Å². The molecule has 24 heavy (non-hydrogen) atoms. The molecule has 0 amide bonds. The molecule has 0 aromatic carbocycles. The van der Waals surface area contributed by atoms with E-state index in [4.69, 9.17) is 9.13 Å². The van der Waals surface area contributed by atoms with Crippen molar-refractivity contribution in [3.8, 4) is 0 Å². The van der Waals surface area contributed by atoms with Gasteiger partial charge in [-0.25, -0.2) is 0 Å². The normalized spacial score (nSPS) is 36.5. The molecule has 0 radical (unpaired) electrons. The van der Waals surface area contributed by atoms with Crippen molar-refractivity contribution in [2.24, 2.45) is 9.81 Å². The largest absolute Gasteiger partial charge is 0.591 e. The van der Waals surface area contributed by atoms with Crippen LogP contribution >= 0.6 is 15.9 Å². The number of halogens is 1. The van der Waals surface area contributed by atoms with E-state index in [2.05, 4.69) is 28.1 Å². The summed E-state index contributed by atoms with van der Waals surface area (Å²) in [5.74, 6) is 0. The van der Waals surface area contributed by atoms with Gasteiger partial charge in [0.1, 0.15) is 21.8 Å². The van der Waals surface area contributed by atoms with Crippen LogP contribution in [0.2, 0.25) is 0 Å². The summed E-state index contributed by atoms with van der Waals surface area (Å²) in [6.07, 6.45) is 11.2. The molecule has 2 atom stereocenters. The number of ether oxygens (including phenoxy) is 1. The van der Waals surface area contributed by atoms with E-state index in [1.54, 1.807) is 0 Å². The minimum atomic E-state index is -1.21. The van der Waals surface area contributed by atoms with E-state index >= 15 is 0 Å². The first kappa shape index (κ1) is 18.7. The molecule has 0 aliphatic heterocycles. The van der Waals surface area contributed by atoms with Crippen LogP contribution < -0.4 is 0 Å². The number of nitrogens with zero attached hydrogens (tertiary/aromatic N) is 1. The molecule has 1 saturated carbocycles. The average molecular weight is 414 g/mol. The highest BCUT2D eigenvalue weighted by Gasteiger charge is 2.49. The average Bonchev–Trinajstić information content (AvgIpc) is 2.81. The van der Waals surface area contributed by atoms with E-state index in [-0.39, 0.29) is 10.2 Å². The molecule has 3 aliphatic rings. The summed E-state index contributed by atoms with van der Waals surface area (Å²) >= 11 is 2.51. The van der Waals surface area contributed by atoms with Crippen molar-refractivity contribution in [1.82, 2.24) is 0 Å². The second-order valence-corrected chi connectivity index (χ2v) is 11.4. The summed E-state index contributed by atoms with van der Waals surface area (Å²) in [5.41, 5.74) is 3.95. The van der Waals surface area contributed by atoms with Gasteiger partial charge in [-0.3, -0.25) is 0 Å². The first-order chi connectivity index (χ1) is 11.2. The van der Waals surface area contributed by atoms with Crippen LogP contribution in [0.25, 0.3) is 0 Å². The molecule has 5 heteroatoms. The van der Waals surface area contributed by atoms with Crippen molar-refractivity contribution in [1.29, 1.82) is 0 Å². The molecular formula is C19H28BrNO2S. The maximum atomic E-state index is 12.8. The predicted molar refractivity (Wildman–Crippen MR) is 105 cm³/mol. The molecule has 0 aromatic heterocycles. The highest BCUT2D eigenvalue weighted by molar-refractivity contribution is 9.09. The molecule has 1 spiro atoms. The maximum absolute atomic E-state index is 12.8. The Bertz CT molecular complexity index is 583. The zero-order valence-electron chi connectivity index (χ0n) is 15.1. The molecule has 0 bridgehead atoms. The van der Waals surface area contributed by atoms with Crippen LogP contribution in [0.3, 0.4) is 0 Å². The lowest BCUT2D eigenvalue weighted by Gasteiger charge is -2.37. The number of methoxy groups -OCH3 is 1. The molecular weight excluding hydrogens is 386 g/mol. The third kappa shape index (κ3) is 3.55. The second-order valence-electron chi connectivity index (χ2n) is 8.28. The Morgan fingerprint density at radius 1 is 1.33 bits per heavy atom. The van der Waals surface area contributed by atoms with Crippen LogP contribution in [0, 0.1) is 5.41 Å². The van der Waals surface area contributed by atoms with Gasteiger partial charge < -0.3 is 9.29 Å². The van der Waals surface area contributed by atoms with Gasteiger partial charge in [-0.15, -0.1) is 0 Å². The van der Waals surface area contributed by atoms with E-state index in [0.29, 0.717) is 10.9 Å². The highest BCUT2D eigenvalue weighted by atomic mass is 79.9. The van der Waals surface area contributed by atoms with Gasteiger partial charge in [-0.1, -0.05) is 32.5 Å². The van der Waals surface area contributed by atoms with E-state index in [1.165, 1.54) is 11.1 Å². The number of rotatable bonds is 2. The van der Waals surface area contributed by atoms with Crippen molar-refractivity contribution in [2.75, 3.05) is 7.11 Å². The maximum Gasteiger partial charge on any atom is 0.144 e. The summed E-state index contributed by atoms with van der Waals surface area (Å²) in [6.45, 7) is 6.00. The summed E-state index contributed by atoms with van der Waals surface area (Å²) in [6, 6.07) is 0. The lowest BCUT2D eigenvalue weighted by molar-refractivity contribution is 0.0469. The minimum Gasteiger partial charge on any atom is -0.591 e. The van der Waals surface area contributed by atoms with Crippen molar-refractivity contribution >= 4 is 33.0 Å². The highest BCUT2D eigenvalue weighted by Crippen LogP contribution is 2.53. The predicted octanol–water partition coefficient (Wildman–Crippen LogP) is 4.89. The van der Waals surface area contributed by atoms with E-state index in [1.807, 2.05) is 27.9 Å². The first-order valence-electron chi connectivity index (χ1n) is 8.84. The topological polar surface area (TPSA) is 44.6 Å². The van der Waals surface area contributed by atoms with Gasteiger partial charge in [-0.2, -0.15) is 0 Å². The number of allylic oxidation sites excluding steroid dienone is 4. The van der Waals surface area contributed by atoms with Gasteiger partial charge in [-0.05, 0) is 70.4 Å². The number of hydrogen-bond donors (Lipinski definition) is 0. The van der Waals surface area contributed by atoms with Crippen molar-refractivity contribution < 1.29 is 9.29 Å². The van der Waals surface area contributed by atoms with E-state index in [9.17, 15) is 4.55 Å². The third-order valence-corrected chi connectivity index (χ3v) is 7.56. The molecule has 0 N–H and O–H groups in total. The summed E-state index contributed by atoms with van der Waals surface area (Å²) in [4.78, 5) is 0.356. The fourth-order valence-electron chi connectivity index (χ4n) is 4.06. The zero-order chi connectivity index (χ0) is 17.5. The Kier molecular flexibility index (Phi) is 5.37. The van der Waals surface area contributed by atoms with E-state index in [0.717, 1.165) is 44.2 Å². The molecule has 0 aromatic rings. The Hall–Kier alpha value is -0.100. The van der Waals surface area contributed by atoms with Gasteiger partial charge >= 0.3 is 0 Å². The third-order valence-electron chi connectivity index (χ3n) is 5.53. The van der Waals surface area contributed by atoms with Crippen LogP contribution in [-0.4, -0.2) is 33.1 Å². The minimum absolute atomic E-state index is 0.0714. The van der Waals surface area contributed by atoms with Crippen LogP contribution in [0.15, 0.2) is 27.7 Å². The molecule has 0 heterocycles. The Balaban J connectivity index is 1.95. The first-order valence-corrected chi connectivity index (χ1v) is 10.9. The second kappa shape index (κ2) is 6.90.